The predicted molar refractivity (Wildman–Crippen MR) is 72.5 cm³/mol. The Balaban J connectivity index is 2.24. The molecule has 1 heterocycles. The molecule has 0 amide bonds. The van der Waals surface area contributed by atoms with E-state index in [9.17, 15) is 0 Å². The van der Waals surface area contributed by atoms with E-state index in [0.717, 1.165) is 11.3 Å². The number of rotatable bonds is 3. The van der Waals surface area contributed by atoms with Crippen LogP contribution in [0.5, 0.6) is 0 Å². The van der Waals surface area contributed by atoms with Crippen molar-refractivity contribution in [1.29, 1.82) is 5.26 Å². The number of pyridine rings is 1. The maximum atomic E-state index is 9.11. The average molecular weight is 258 g/mol. The van der Waals surface area contributed by atoms with Gasteiger partial charge in [0.1, 0.15) is 6.07 Å². The summed E-state index contributed by atoms with van der Waals surface area (Å²) >= 11 is 5.88. The molecule has 3 nitrogen and oxygen atoms in total. The summed E-state index contributed by atoms with van der Waals surface area (Å²) in [7, 11) is 1.94. The van der Waals surface area contributed by atoms with E-state index in [0.29, 0.717) is 17.1 Å². The molecule has 90 valence electrons. The minimum Gasteiger partial charge on any atom is -0.369 e. The van der Waals surface area contributed by atoms with Crippen LogP contribution in [0.4, 0.5) is 5.69 Å². The number of hydrogen-bond acceptors (Lipinski definition) is 3. The lowest BCUT2D eigenvalue weighted by Crippen LogP contribution is -2.17. The molecule has 0 N–H and O–H groups in total. The van der Waals surface area contributed by atoms with E-state index < -0.39 is 0 Å². The summed E-state index contributed by atoms with van der Waals surface area (Å²) < 4.78 is 0. The Morgan fingerprint density at radius 2 is 2.22 bits per heavy atom. The second-order valence-electron chi connectivity index (χ2n) is 3.99. The van der Waals surface area contributed by atoms with Crippen molar-refractivity contribution in [3.63, 3.8) is 0 Å². The molecule has 0 aliphatic rings. The van der Waals surface area contributed by atoms with Gasteiger partial charge in [0.15, 0.2) is 0 Å². The smallest absolute Gasteiger partial charge is 0.101 e. The molecule has 2 rings (SSSR count). The van der Waals surface area contributed by atoms with Crippen LogP contribution in [0.1, 0.15) is 11.1 Å². The Hall–Kier alpha value is -2.05. The van der Waals surface area contributed by atoms with Gasteiger partial charge in [-0.05, 0) is 29.8 Å². The Labute approximate surface area is 111 Å². The van der Waals surface area contributed by atoms with Crippen LogP contribution in [0.3, 0.4) is 0 Å². The molecule has 2 aromatic rings. The van der Waals surface area contributed by atoms with Crippen molar-refractivity contribution < 1.29 is 0 Å². The highest BCUT2D eigenvalue weighted by Gasteiger charge is 2.08. The van der Waals surface area contributed by atoms with Gasteiger partial charge in [-0.1, -0.05) is 17.7 Å². The fourth-order valence-corrected chi connectivity index (χ4v) is 1.95. The SMILES string of the molecule is CN(Cc1cccnc1)c1ccc(Cl)cc1C#N. The predicted octanol–water partition coefficient (Wildman–Crippen LogP) is 3.24. The molecular weight excluding hydrogens is 246 g/mol. The fourth-order valence-electron chi connectivity index (χ4n) is 1.78. The van der Waals surface area contributed by atoms with Crippen molar-refractivity contribution >= 4 is 17.3 Å². The van der Waals surface area contributed by atoms with Crippen LogP contribution >= 0.6 is 11.6 Å². The van der Waals surface area contributed by atoms with Crippen LogP contribution in [0.15, 0.2) is 42.7 Å². The second-order valence-corrected chi connectivity index (χ2v) is 4.43. The number of nitrogens with zero attached hydrogens (tertiary/aromatic N) is 3. The van der Waals surface area contributed by atoms with Gasteiger partial charge >= 0.3 is 0 Å². The van der Waals surface area contributed by atoms with Gasteiger partial charge in [0, 0.05) is 31.0 Å². The molecule has 0 radical (unpaired) electrons. The van der Waals surface area contributed by atoms with Crippen LogP contribution in [-0.2, 0) is 6.54 Å². The highest BCUT2D eigenvalue weighted by molar-refractivity contribution is 6.30. The average Bonchev–Trinajstić information content (AvgIpc) is 2.39. The number of nitriles is 1. The van der Waals surface area contributed by atoms with Gasteiger partial charge < -0.3 is 4.90 Å². The summed E-state index contributed by atoms with van der Waals surface area (Å²) in [5, 5.41) is 9.68. The first-order valence-corrected chi connectivity index (χ1v) is 5.88. The van der Waals surface area contributed by atoms with E-state index in [1.807, 2.05) is 36.3 Å². The number of hydrogen-bond donors (Lipinski definition) is 0. The van der Waals surface area contributed by atoms with E-state index in [-0.39, 0.29) is 0 Å². The first-order chi connectivity index (χ1) is 8.70. The summed E-state index contributed by atoms with van der Waals surface area (Å²) in [6.45, 7) is 0.699. The number of aromatic nitrogens is 1. The first-order valence-electron chi connectivity index (χ1n) is 5.50. The molecule has 0 bridgehead atoms. The number of anilines is 1. The summed E-state index contributed by atoms with van der Waals surface area (Å²) in [5.74, 6) is 0. The van der Waals surface area contributed by atoms with Gasteiger partial charge in [0.25, 0.3) is 0 Å². The van der Waals surface area contributed by atoms with E-state index in [1.165, 1.54) is 0 Å². The largest absolute Gasteiger partial charge is 0.369 e. The Morgan fingerprint density at radius 1 is 1.39 bits per heavy atom. The van der Waals surface area contributed by atoms with Crippen LogP contribution in [-0.4, -0.2) is 12.0 Å². The van der Waals surface area contributed by atoms with Crippen molar-refractivity contribution in [2.75, 3.05) is 11.9 Å². The lowest BCUT2D eigenvalue weighted by molar-refractivity contribution is 0.913. The second kappa shape index (κ2) is 5.52. The number of halogens is 1. The van der Waals surface area contributed by atoms with Gasteiger partial charge in [-0.15, -0.1) is 0 Å². The first kappa shape index (κ1) is 12.4. The molecule has 0 spiro atoms. The van der Waals surface area contributed by atoms with Crippen molar-refractivity contribution in [1.82, 2.24) is 4.98 Å². The van der Waals surface area contributed by atoms with E-state index in [2.05, 4.69) is 11.1 Å². The fraction of sp³-hybridized carbons (Fsp3) is 0.143. The summed E-state index contributed by atoms with van der Waals surface area (Å²) in [6, 6.07) is 11.4. The third kappa shape index (κ3) is 2.79. The molecule has 0 fully saturated rings. The highest BCUT2D eigenvalue weighted by Crippen LogP contribution is 2.23. The lowest BCUT2D eigenvalue weighted by atomic mass is 10.1. The molecular formula is C14H12ClN3. The standard InChI is InChI=1S/C14H12ClN3/c1-18(10-11-3-2-6-17-9-11)14-5-4-13(15)7-12(14)8-16/h2-7,9H,10H2,1H3. The zero-order valence-corrected chi connectivity index (χ0v) is 10.7. The maximum absolute atomic E-state index is 9.11. The highest BCUT2D eigenvalue weighted by atomic mass is 35.5. The van der Waals surface area contributed by atoms with Crippen LogP contribution in [0.2, 0.25) is 5.02 Å². The summed E-state index contributed by atoms with van der Waals surface area (Å²) in [5.41, 5.74) is 2.54. The van der Waals surface area contributed by atoms with E-state index in [1.54, 1.807) is 18.3 Å². The van der Waals surface area contributed by atoms with Crippen molar-refractivity contribution in [2.24, 2.45) is 0 Å². The summed E-state index contributed by atoms with van der Waals surface area (Å²) in [4.78, 5) is 6.08. The molecule has 0 unspecified atom stereocenters. The van der Waals surface area contributed by atoms with Crippen molar-refractivity contribution in [3.8, 4) is 6.07 Å². The Bertz CT molecular complexity index is 575. The normalized spacial score (nSPS) is 9.83. The van der Waals surface area contributed by atoms with Gasteiger partial charge in [0.2, 0.25) is 0 Å². The van der Waals surface area contributed by atoms with Crippen molar-refractivity contribution in [2.45, 2.75) is 6.54 Å². The van der Waals surface area contributed by atoms with E-state index >= 15 is 0 Å². The van der Waals surface area contributed by atoms with Crippen LogP contribution in [0.25, 0.3) is 0 Å². The number of benzene rings is 1. The minimum atomic E-state index is 0.574. The third-order valence-corrected chi connectivity index (χ3v) is 2.87. The molecule has 0 saturated carbocycles. The van der Waals surface area contributed by atoms with E-state index in [4.69, 9.17) is 16.9 Å². The molecule has 0 saturated heterocycles. The molecule has 18 heavy (non-hydrogen) atoms. The molecule has 0 aliphatic heterocycles. The zero-order chi connectivity index (χ0) is 13.0. The summed E-state index contributed by atoms with van der Waals surface area (Å²) in [6.07, 6.45) is 3.56. The topological polar surface area (TPSA) is 39.9 Å². The molecule has 1 aromatic heterocycles. The zero-order valence-electron chi connectivity index (χ0n) is 9.97. The quantitative estimate of drug-likeness (QED) is 0.847. The third-order valence-electron chi connectivity index (χ3n) is 2.63. The Kier molecular flexibility index (Phi) is 3.81. The van der Waals surface area contributed by atoms with Crippen molar-refractivity contribution in [3.05, 3.63) is 58.9 Å². The molecule has 4 heteroatoms. The molecule has 1 aromatic carbocycles. The van der Waals surface area contributed by atoms with Crippen LogP contribution < -0.4 is 4.90 Å². The monoisotopic (exact) mass is 257 g/mol. The van der Waals surface area contributed by atoms with Gasteiger partial charge in [0.05, 0.1) is 11.3 Å². The van der Waals surface area contributed by atoms with Gasteiger partial charge in [-0.25, -0.2) is 0 Å². The minimum absolute atomic E-state index is 0.574. The van der Waals surface area contributed by atoms with Crippen LogP contribution in [0, 0.1) is 11.3 Å². The molecule has 0 aliphatic carbocycles. The van der Waals surface area contributed by atoms with Gasteiger partial charge in [-0.2, -0.15) is 5.26 Å². The lowest BCUT2D eigenvalue weighted by Gasteiger charge is -2.20. The molecule has 0 atom stereocenters. The Morgan fingerprint density at radius 3 is 2.89 bits per heavy atom. The van der Waals surface area contributed by atoms with Gasteiger partial charge in [-0.3, -0.25) is 4.98 Å². The maximum Gasteiger partial charge on any atom is 0.101 e.